The summed E-state index contributed by atoms with van der Waals surface area (Å²) in [5.41, 5.74) is 2.48. The lowest BCUT2D eigenvalue weighted by Gasteiger charge is -2.38. The molecule has 0 radical (unpaired) electrons. The number of likely N-dealkylation sites (tertiary alicyclic amines) is 1. The fourth-order valence-electron chi connectivity index (χ4n) is 3.70. The highest BCUT2D eigenvalue weighted by Crippen LogP contribution is 2.45. The number of fused-ring (bicyclic) bond motifs is 1. The average molecular weight is 315 g/mol. The smallest absolute Gasteiger partial charge is 0.410 e. The van der Waals surface area contributed by atoms with Gasteiger partial charge >= 0.3 is 6.09 Å². The molecule has 1 saturated heterocycles. The van der Waals surface area contributed by atoms with Crippen molar-refractivity contribution >= 4 is 11.9 Å². The monoisotopic (exact) mass is 315 g/mol. The highest BCUT2D eigenvalue weighted by atomic mass is 16.6. The number of Topliss-reactive ketones (excluding diaryl/α,β-unsaturated/α-hetero) is 1. The number of nitrogens with zero attached hydrogens (tertiary/aromatic N) is 1. The summed E-state index contributed by atoms with van der Waals surface area (Å²) in [6.45, 7) is 8.87. The lowest BCUT2D eigenvalue weighted by atomic mass is 9.75. The number of aryl methyl sites for hydroxylation is 1. The van der Waals surface area contributed by atoms with Crippen LogP contribution in [0.4, 0.5) is 4.79 Å². The molecule has 4 nitrogen and oxygen atoms in total. The van der Waals surface area contributed by atoms with E-state index in [0.717, 1.165) is 24.8 Å². The minimum atomic E-state index is -0.483. The molecule has 124 valence electrons. The van der Waals surface area contributed by atoms with Gasteiger partial charge in [0, 0.05) is 24.1 Å². The first-order chi connectivity index (χ1) is 10.7. The Kier molecular flexibility index (Phi) is 3.74. The van der Waals surface area contributed by atoms with Crippen LogP contribution in [0.2, 0.25) is 0 Å². The third-order valence-electron chi connectivity index (χ3n) is 5.02. The number of ether oxygens (including phenoxy) is 1. The lowest BCUT2D eigenvalue weighted by Crippen LogP contribution is -2.47. The van der Waals surface area contributed by atoms with Crippen molar-refractivity contribution in [1.29, 1.82) is 0 Å². The zero-order valence-corrected chi connectivity index (χ0v) is 14.4. The van der Waals surface area contributed by atoms with Crippen molar-refractivity contribution in [3.05, 3.63) is 34.9 Å². The quantitative estimate of drug-likeness (QED) is 0.732. The molecule has 4 heteroatoms. The largest absolute Gasteiger partial charge is 0.444 e. The van der Waals surface area contributed by atoms with Crippen LogP contribution in [-0.2, 0) is 11.2 Å². The van der Waals surface area contributed by atoms with E-state index < -0.39 is 5.60 Å². The second-order valence-electron chi connectivity index (χ2n) is 7.85. The Bertz CT molecular complexity index is 649. The van der Waals surface area contributed by atoms with Gasteiger partial charge in [-0.2, -0.15) is 0 Å². The number of piperidine rings is 1. The van der Waals surface area contributed by atoms with Crippen LogP contribution in [0.3, 0.4) is 0 Å². The van der Waals surface area contributed by atoms with E-state index in [9.17, 15) is 9.59 Å². The fraction of sp³-hybridized carbons (Fsp3) is 0.579. The lowest BCUT2D eigenvalue weighted by molar-refractivity contribution is 0.0114. The second-order valence-corrected chi connectivity index (χ2v) is 7.85. The summed E-state index contributed by atoms with van der Waals surface area (Å²) in [6.07, 6.45) is 1.99. The number of benzene rings is 1. The van der Waals surface area contributed by atoms with Gasteiger partial charge in [0.2, 0.25) is 0 Å². The van der Waals surface area contributed by atoms with Crippen LogP contribution in [0.25, 0.3) is 0 Å². The minimum absolute atomic E-state index is 0.264. The van der Waals surface area contributed by atoms with Crippen molar-refractivity contribution in [2.45, 2.75) is 52.6 Å². The van der Waals surface area contributed by atoms with Gasteiger partial charge in [-0.15, -0.1) is 0 Å². The fourth-order valence-corrected chi connectivity index (χ4v) is 3.70. The van der Waals surface area contributed by atoms with Crippen LogP contribution < -0.4 is 0 Å². The van der Waals surface area contributed by atoms with Crippen LogP contribution >= 0.6 is 0 Å². The van der Waals surface area contributed by atoms with Crippen molar-refractivity contribution in [3.63, 3.8) is 0 Å². The molecule has 0 unspecified atom stereocenters. The second kappa shape index (κ2) is 5.36. The van der Waals surface area contributed by atoms with Crippen LogP contribution in [0, 0.1) is 12.3 Å². The Morgan fingerprint density at radius 2 is 1.87 bits per heavy atom. The van der Waals surface area contributed by atoms with Crippen molar-refractivity contribution < 1.29 is 14.3 Å². The van der Waals surface area contributed by atoms with Crippen molar-refractivity contribution in [3.8, 4) is 0 Å². The molecule has 1 aliphatic heterocycles. The summed E-state index contributed by atoms with van der Waals surface area (Å²) >= 11 is 0. The minimum Gasteiger partial charge on any atom is -0.444 e. The normalized spacial score (nSPS) is 19.8. The number of ketones is 1. The molecule has 23 heavy (non-hydrogen) atoms. The van der Waals surface area contributed by atoms with E-state index in [2.05, 4.69) is 13.0 Å². The Morgan fingerprint density at radius 3 is 2.43 bits per heavy atom. The summed E-state index contributed by atoms with van der Waals surface area (Å²) in [5.74, 6) is 0.264. The number of rotatable bonds is 0. The standard InChI is InChI=1S/C19H25NO3/c1-13-6-5-7-14-15(13)12-19(16(14)21)8-10-20(11-9-19)17(22)23-18(2,3)4/h5-7H,8-12H2,1-4H3. The summed E-state index contributed by atoms with van der Waals surface area (Å²) in [7, 11) is 0. The van der Waals surface area contributed by atoms with Crippen LogP contribution in [0.5, 0.6) is 0 Å². The number of carbonyl (C=O) groups excluding carboxylic acids is 2. The van der Waals surface area contributed by atoms with E-state index in [1.165, 1.54) is 11.1 Å². The maximum Gasteiger partial charge on any atom is 0.410 e. The highest BCUT2D eigenvalue weighted by molar-refractivity contribution is 6.05. The molecule has 0 atom stereocenters. The van der Waals surface area contributed by atoms with E-state index in [-0.39, 0.29) is 17.3 Å². The first-order valence-corrected chi connectivity index (χ1v) is 8.33. The molecule has 1 spiro atoms. The van der Waals surface area contributed by atoms with E-state index in [1.54, 1.807) is 4.90 Å². The van der Waals surface area contributed by atoms with Gasteiger partial charge in [0.25, 0.3) is 0 Å². The number of amides is 1. The zero-order valence-electron chi connectivity index (χ0n) is 14.4. The molecular formula is C19H25NO3. The third-order valence-corrected chi connectivity index (χ3v) is 5.02. The predicted molar refractivity (Wildman–Crippen MR) is 88.7 cm³/mol. The summed E-state index contributed by atoms with van der Waals surface area (Å²) in [5, 5.41) is 0. The first kappa shape index (κ1) is 16.0. The van der Waals surface area contributed by atoms with Crippen molar-refractivity contribution in [1.82, 2.24) is 4.90 Å². The van der Waals surface area contributed by atoms with E-state index in [1.807, 2.05) is 32.9 Å². The molecule has 0 aromatic heterocycles. The topological polar surface area (TPSA) is 46.6 Å². The SMILES string of the molecule is Cc1cccc2c1CC1(CCN(C(=O)OC(C)(C)C)CC1)C2=O. The Morgan fingerprint density at radius 1 is 1.22 bits per heavy atom. The number of hydrogen-bond donors (Lipinski definition) is 0. The predicted octanol–water partition coefficient (Wildman–Crippen LogP) is 3.75. The maximum atomic E-state index is 12.9. The van der Waals surface area contributed by atoms with E-state index in [0.29, 0.717) is 13.1 Å². The van der Waals surface area contributed by atoms with Gasteiger partial charge in [-0.1, -0.05) is 18.2 Å². The molecule has 1 aromatic carbocycles. The Labute approximate surface area is 137 Å². The van der Waals surface area contributed by atoms with E-state index >= 15 is 0 Å². The van der Waals surface area contributed by atoms with Crippen LogP contribution in [0.15, 0.2) is 18.2 Å². The number of hydrogen-bond acceptors (Lipinski definition) is 3. The molecule has 1 heterocycles. The molecule has 2 aliphatic rings. The average Bonchev–Trinajstić information content (AvgIpc) is 2.73. The van der Waals surface area contributed by atoms with Crippen molar-refractivity contribution in [2.75, 3.05) is 13.1 Å². The van der Waals surface area contributed by atoms with Crippen LogP contribution in [0.1, 0.15) is 55.1 Å². The van der Waals surface area contributed by atoms with Gasteiger partial charge in [-0.3, -0.25) is 4.79 Å². The summed E-state index contributed by atoms with van der Waals surface area (Å²) in [4.78, 5) is 26.8. The molecule has 0 N–H and O–H groups in total. The third kappa shape index (κ3) is 2.87. The molecule has 0 bridgehead atoms. The maximum absolute atomic E-state index is 12.9. The molecule has 0 saturated carbocycles. The molecular weight excluding hydrogens is 290 g/mol. The Balaban J connectivity index is 1.72. The summed E-state index contributed by atoms with van der Waals surface area (Å²) in [6, 6.07) is 5.97. The molecule has 1 fully saturated rings. The van der Waals surface area contributed by atoms with Gasteiger partial charge < -0.3 is 9.64 Å². The first-order valence-electron chi connectivity index (χ1n) is 8.33. The van der Waals surface area contributed by atoms with Gasteiger partial charge in [0.15, 0.2) is 5.78 Å². The van der Waals surface area contributed by atoms with Crippen molar-refractivity contribution in [2.24, 2.45) is 5.41 Å². The zero-order chi connectivity index (χ0) is 16.8. The highest BCUT2D eigenvalue weighted by Gasteiger charge is 2.48. The molecule has 3 rings (SSSR count). The van der Waals surface area contributed by atoms with Gasteiger partial charge in [-0.05, 0) is 58.1 Å². The van der Waals surface area contributed by atoms with Gasteiger partial charge in [-0.25, -0.2) is 4.79 Å². The molecule has 1 aromatic rings. The van der Waals surface area contributed by atoms with Gasteiger partial charge in [0.05, 0.1) is 0 Å². The van der Waals surface area contributed by atoms with Crippen LogP contribution in [-0.4, -0.2) is 35.5 Å². The van der Waals surface area contributed by atoms with E-state index in [4.69, 9.17) is 4.74 Å². The Hall–Kier alpha value is -1.84. The molecule has 1 aliphatic carbocycles. The number of carbonyl (C=O) groups is 2. The van der Waals surface area contributed by atoms with Gasteiger partial charge in [0.1, 0.15) is 5.60 Å². The molecule has 1 amide bonds. The summed E-state index contributed by atoms with van der Waals surface area (Å²) < 4.78 is 5.44.